The standard InChI is InChI=1S/C23H29N3O/c1-18-2-4-19(5-3-18)7-9-23(27)26-16-21-6-8-22(26)17-25(15-21)14-20-10-12-24-13-11-20/h2-5,10-13,21-22H,6-9,14-17H2,1H3. The van der Waals surface area contributed by atoms with E-state index in [1.165, 1.54) is 23.1 Å². The predicted octanol–water partition coefficient (Wildman–Crippen LogP) is 3.45. The van der Waals surface area contributed by atoms with Gasteiger partial charge in [-0.05, 0) is 55.4 Å². The summed E-state index contributed by atoms with van der Waals surface area (Å²) in [4.78, 5) is 21.8. The Morgan fingerprint density at radius 2 is 1.78 bits per heavy atom. The topological polar surface area (TPSA) is 36.4 Å². The van der Waals surface area contributed by atoms with Gasteiger partial charge in [0, 0.05) is 51.0 Å². The molecule has 0 N–H and O–H groups in total. The fourth-order valence-corrected chi connectivity index (χ4v) is 4.51. The zero-order chi connectivity index (χ0) is 18.6. The Balaban J connectivity index is 1.36. The smallest absolute Gasteiger partial charge is 0.223 e. The van der Waals surface area contributed by atoms with E-state index >= 15 is 0 Å². The van der Waals surface area contributed by atoms with Crippen molar-refractivity contribution in [1.82, 2.24) is 14.8 Å². The molecule has 3 aliphatic heterocycles. The number of pyridine rings is 1. The van der Waals surface area contributed by atoms with Gasteiger partial charge < -0.3 is 4.90 Å². The van der Waals surface area contributed by atoms with E-state index in [0.717, 1.165) is 39.0 Å². The molecular weight excluding hydrogens is 334 g/mol. The van der Waals surface area contributed by atoms with Crippen LogP contribution < -0.4 is 0 Å². The van der Waals surface area contributed by atoms with E-state index in [9.17, 15) is 4.79 Å². The molecule has 2 atom stereocenters. The highest BCUT2D eigenvalue weighted by Crippen LogP contribution is 2.29. The lowest BCUT2D eigenvalue weighted by atomic mass is 9.94. The predicted molar refractivity (Wildman–Crippen MR) is 107 cm³/mol. The molecule has 4 nitrogen and oxygen atoms in total. The van der Waals surface area contributed by atoms with Crippen LogP contribution in [0.5, 0.6) is 0 Å². The number of aryl methyl sites for hydroxylation is 2. The van der Waals surface area contributed by atoms with Gasteiger partial charge in [-0.3, -0.25) is 14.7 Å². The highest BCUT2D eigenvalue weighted by atomic mass is 16.2. The minimum Gasteiger partial charge on any atom is -0.338 e. The fourth-order valence-electron chi connectivity index (χ4n) is 4.51. The molecule has 0 spiro atoms. The van der Waals surface area contributed by atoms with Gasteiger partial charge in [0.15, 0.2) is 0 Å². The molecule has 142 valence electrons. The molecule has 0 saturated carbocycles. The highest BCUT2D eigenvalue weighted by molar-refractivity contribution is 5.77. The lowest BCUT2D eigenvalue weighted by molar-refractivity contribution is -0.135. The SMILES string of the molecule is Cc1ccc(CCC(=O)N2CC3CCC2CN(Cc2ccncc2)C3)cc1. The van der Waals surface area contributed by atoms with Crippen molar-refractivity contribution < 1.29 is 4.79 Å². The van der Waals surface area contributed by atoms with Crippen molar-refractivity contribution in [1.29, 1.82) is 0 Å². The maximum Gasteiger partial charge on any atom is 0.223 e. The normalized spacial score (nSPS) is 22.6. The molecule has 27 heavy (non-hydrogen) atoms. The van der Waals surface area contributed by atoms with Gasteiger partial charge in [-0.25, -0.2) is 0 Å². The molecule has 1 aromatic carbocycles. The molecule has 2 bridgehead atoms. The van der Waals surface area contributed by atoms with Gasteiger partial charge in [-0.1, -0.05) is 29.8 Å². The van der Waals surface area contributed by atoms with E-state index in [-0.39, 0.29) is 0 Å². The van der Waals surface area contributed by atoms with Crippen molar-refractivity contribution in [2.24, 2.45) is 5.92 Å². The first kappa shape index (κ1) is 18.2. The molecule has 0 aliphatic carbocycles. The minimum atomic E-state index is 0.330. The number of benzene rings is 1. The van der Waals surface area contributed by atoms with Crippen LogP contribution in [0.25, 0.3) is 0 Å². The molecular formula is C23H29N3O. The summed E-state index contributed by atoms with van der Waals surface area (Å²) < 4.78 is 0. The van der Waals surface area contributed by atoms with Crippen LogP contribution in [0, 0.1) is 12.8 Å². The summed E-state index contributed by atoms with van der Waals surface area (Å²) >= 11 is 0. The number of hydrogen-bond donors (Lipinski definition) is 0. The Kier molecular flexibility index (Phi) is 5.53. The Labute approximate surface area is 162 Å². The molecule has 3 fully saturated rings. The number of rotatable bonds is 5. The number of carbonyl (C=O) groups is 1. The molecule has 1 amide bonds. The van der Waals surface area contributed by atoms with E-state index in [2.05, 4.69) is 58.1 Å². The van der Waals surface area contributed by atoms with E-state index in [1.807, 2.05) is 12.4 Å². The monoisotopic (exact) mass is 363 g/mol. The zero-order valence-electron chi connectivity index (χ0n) is 16.2. The number of nitrogens with zero attached hydrogens (tertiary/aromatic N) is 3. The third kappa shape index (κ3) is 4.56. The second kappa shape index (κ2) is 8.22. The van der Waals surface area contributed by atoms with E-state index in [1.54, 1.807) is 0 Å². The number of piperidine rings is 1. The van der Waals surface area contributed by atoms with Crippen LogP contribution in [-0.4, -0.2) is 46.4 Å². The fraction of sp³-hybridized carbons (Fsp3) is 0.478. The molecule has 3 saturated heterocycles. The van der Waals surface area contributed by atoms with Crippen molar-refractivity contribution >= 4 is 5.91 Å². The van der Waals surface area contributed by atoms with Crippen LogP contribution >= 0.6 is 0 Å². The van der Waals surface area contributed by atoms with E-state index in [0.29, 0.717) is 24.3 Å². The van der Waals surface area contributed by atoms with Crippen molar-refractivity contribution in [3.8, 4) is 0 Å². The number of fused-ring (bicyclic) bond motifs is 4. The third-order valence-corrected chi connectivity index (χ3v) is 6.01. The molecule has 5 rings (SSSR count). The van der Waals surface area contributed by atoms with Crippen molar-refractivity contribution in [2.75, 3.05) is 19.6 Å². The second-order valence-electron chi connectivity index (χ2n) is 8.18. The highest BCUT2D eigenvalue weighted by Gasteiger charge is 2.36. The van der Waals surface area contributed by atoms with Gasteiger partial charge in [0.25, 0.3) is 0 Å². The molecule has 1 aromatic heterocycles. The average Bonchev–Trinajstić information content (AvgIpc) is 2.99. The molecule has 4 heterocycles. The van der Waals surface area contributed by atoms with Crippen LogP contribution in [0.2, 0.25) is 0 Å². The first-order chi connectivity index (χ1) is 13.2. The summed E-state index contributed by atoms with van der Waals surface area (Å²) in [6.07, 6.45) is 7.59. The largest absolute Gasteiger partial charge is 0.338 e. The molecule has 3 aliphatic rings. The molecule has 0 radical (unpaired) electrons. The summed E-state index contributed by atoms with van der Waals surface area (Å²) in [5, 5.41) is 0. The minimum absolute atomic E-state index is 0.330. The first-order valence-corrected chi connectivity index (χ1v) is 10.1. The van der Waals surface area contributed by atoms with Crippen molar-refractivity contribution in [2.45, 2.75) is 45.2 Å². The summed E-state index contributed by atoms with van der Waals surface area (Å²) in [7, 11) is 0. The van der Waals surface area contributed by atoms with Crippen molar-refractivity contribution in [3.05, 3.63) is 65.5 Å². The Bertz CT molecular complexity index is 759. The summed E-state index contributed by atoms with van der Waals surface area (Å²) in [6.45, 7) is 6.08. The van der Waals surface area contributed by atoms with Crippen LogP contribution in [0.3, 0.4) is 0 Å². The van der Waals surface area contributed by atoms with Gasteiger partial charge in [0.1, 0.15) is 0 Å². The third-order valence-electron chi connectivity index (χ3n) is 6.01. The van der Waals surface area contributed by atoms with Crippen LogP contribution in [0.4, 0.5) is 0 Å². The van der Waals surface area contributed by atoms with Crippen LogP contribution in [0.15, 0.2) is 48.8 Å². The molecule has 2 aromatic rings. The quantitative estimate of drug-likeness (QED) is 0.816. The lowest BCUT2D eigenvalue weighted by Crippen LogP contribution is -2.47. The Hall–Kier alpha value is -2.20. The summed E-state index contributed by atoms with van der Waals surface area (Å²) in [5.41, 5.74) is 3.83. The number of hydrogen-bond acceptors (Lipinski definition) is 3. The Morgan fingerprint density at radius 1 is 1.00 bits per heavy atom. The maximum atomic E-state index is 12.9. The average molecular weight is 364 g/mol. The van der Waals surface area contributed by atoms with Crippen LogP contribution in [-0.2, 0) is 17.8 Å². The summed E-state index contributed by atoms with van der Waals surface area (Å²) in [5.74, 6) is 0.935. The van der Waals surface area contributed by atoms with Gasteiger partial charge in [-0.15, -0.1) is 0 Å². The second-order valence-corrected chi connectivity index (χ2v) is 8.18. The number of aromatic nitrogens is 1. The van der Waals surface area contributed by atoms with E-state index < -0.39 is 0 Å². The van der Waals surface area contributed by atoms with Gasteiger partial charge in [0.2, 0.25) is 5.91 Å². The molecule has 2 unspecified atom stereocenters. The van der Waals surface area contributed by atoms with Crippen molar-refractivity contribution in [3.63, 3.8) is 0 Å². The zero-order valence-corrected chi connectivity index (χ0v) is 16.2. The lowest BCUT2D eigenvalue weighted by Gasteiger charge is -2.36. The van der Waals surface area contributed by atoms with Gasteiger partial charge >= 0.3 is 0 Å². The van der Waals surface area contributed by atoms with Gasteiger partial charge in [-0.2, -0.15) is 0 Å². The number of amides is 1. The molecule has 4 heteroatoms. The number of carbonyl (C=O) groups excluding carboxylic acids is 1. The Morgan fingerprint density at radius 3 is 2.56 bits per heavy atom. The van der Waals surface area contributed by atoms with Crippen LogP contribution in [0.1, 0.15) is 36.0 Å². The van der Waals surface area contributed by atoms with Gasteiger partial charge in [0.05, 0.1) is 0 Å². The first-order valence-electron chi connectivity index (χ1n) is 10.1. The maximum absolute atomic E-state index is 12.9. The summed E-state index contributed by atoms with van der Waals surface area (Å²) in [6, 6.07) is 13.1. The van der Waals surface area contributed by atoms with E-state index in [4.69, 9.17) is 0 Å².